The van der Waals surface area contributed by atoms with Crippen molar-refractivity contribution in [3.63, 3.8) is 0 Å². The fourth-order valence-electron chi connectivity index (χ4n) is 3.14. The third kappa shape index (κ3) is 2.05. The Labute approximate surface area is 139 Å². The summed E-state index contributed by atoms with van der Waals surface area (Å²) < 4.78 is 0. The zero-order chi connectivity index (χ0) is 13.9. The number of hydrogen-bond donors (Lipinski definition) is 0. The Kier molecular flexibility index (Phi) is 3.64. The zero-order valence-corrected chi connectivity index (χ0v) is 13.6. The van der Waals surface area contributed by atoms with Crippen molar-refractivity contribution in [2.75, 3.05) is 7.05 Å². The van der Waals surface area contributed by atoms with Crippen molar-refractivity contribution in [3.8, 4) is 0 Å². The SMILES string of the molecule is CN1C2=C(N=C3C=C(Cl)C=CC32)C(Cl)=C2C=CC=CC21.Cl. The topological polar surface area (TPSA) is 15.6 Å². The number of allylic oxidation sites excluding steroid dienone is 7. The number of fused-ring (bicyclic) bond motifs is 3. The van der Waals surface area contributed by atoms with Gasteiger partial charge in [0.2, 0.25) is 0 Å². The van der Waals surface area contributed by atoms with Crippen LogP contribution in [0.1, 0.15) is 0 Å². The molecule has 0 saturated heterocycles. The Hall–Kier alpha value is -1.22. The van der Waals surface area contributed by atoms with Gasteiger partial charge in [-0.3, -0.25) is 0 Å². The van der Waals surface area contributed by atoms with Crippen molar-refractivity contribution in [2.45, 2.75) is 6.04 Å². The molecule has 2 heterocycles. The summed E-state index contributed by atoms with van der Waals surface area (Å²) in [7, 11) is 2.10. The molecule has 2 unspecified atom stereocenters. The summed E-state index contributed by atoms with van der Waals surface area (Å²) in [6.45, 7) is 0. The number of rotatable bonds is 0. The molecule has 0 aromatic rings. The molecule has 0 aromatic heterocycles. The van der Waals surface area contributed by atoms with E-state index in [-0.39, 0.29) is 24.4 Å². The fourth-order valence-corrected chi connectivity index (χ4v) is 3.64. The number of nitrogens with zero attached hydrogens (tertiary/aromatic N) is 2. The minimum atomic E-state index is 0. The number of halogens is 3. The standard InChI is InChI=1S/C16H12Cl2N2.ClH/c1-20-13-5-3-2-4-11(13)14(18)15-16(20)10-7-6-9(17)8-12(10)19-15;/h2-8,10,13H,1H3;1H. The third-order valence-corrected chi connectivity index (χ3v) is 4.72. The Morgan fingerprint density at radius 1 is 1.14 bits per heavy atom. The van der Waals surface area contributed by atoms with Crippen LogP contribution >= 0.6 is 35.6 Å². The maximum atomic E-state index is 6.58. The van der Waals surface area contributed by atoms with Gasteiger partial charge in [0.25, 0.3) is 0 Å². The van der Waals surface area contributed by atoms with Gasteiger partial charge in [-0.2, -0.15) is 0 Å². The summed E-state index contributed by atoms with van der Waals surface area (Å²) >= 11 is 12.7. The first-order valence-electron chi connectivity index (χ1n) is 6.52. The second-order valence-corrected chi connectivity index (χ2v) is 6.02. The normalized spacial score (nSPS) is 28.8. The fraction of sp³-hybridized carbons (Fsp3) is 0.188. The molecule has 0 aromatic carbocycles. The lowest BCUT2D eigenvalue weighted by Gasteiger charge is -2.37. The van der Waals surface area contributed by atoms with Gasteiger partial charge in [-0.05, 0) is 17.7 Å². The van der Waals surface area contributed by atoms with E-state index in [4.69, 9.17) is 28.2 Å². The first kappa shape index (κ1) is 14.7. The average molecular weight is 340 g/mol. The predicted molar refractivity (Wildman–Crippen MR) is 91.0 cm³/mol. The molecule has 108 valence electrons. The highest BCUT2D eigenvalue weighted by Gasteiger charge is 2.39. The Morgan fingerprint density at radius 2 is 1.95 bits per heavy atom. The van der Waals surface area contributed by atoms with E-state index in [1.807, 2.05) is 18.2 Å². The first-order valence-corrected chi connectivity index (χ1v) is 7.28. The van der Waals surface area contributed by atoms with Crippen molar-refractivity contribution in [1.82, 2.24) is 4.90 Å². The van der Waals surface area contributed by atoms with Crippen molar-refractivity contribution >= 4 is 41.3 Å². The second-order valence-electron chi connectivity index (χ2n) is 5.21. The maximum Gasteiger partial charge on any atom is 0.102 e. The molecule has 0 spiro atoms. The number of hydrogen-bond acceptors (Lipinski definition) is 2. The van der Waals surface area contributed by atoms with Crippen LogP contribution in [0.2, 0.25) is 0 Å². The molecular formula is C16H13Cl3N2. The lowest BCUT2D eigenvalue weighted by atomic mass is 9.89. The lowest BCUT2D eigenvalue weighted by molar-refractivity contribution is 0.364. The quantitative estimate of drug-likeness (QED) is 0.642. The molecule has 0 amide bonds. The van der Waals surface area contributed by atoms with E-state index in [1.165, 1.54) is 0 Å². The molecule has 0 bridgehead atoms. The van der Waals surface area contributed by atoms with Gasteiger partial charge < -0.3 is 4.90 Å². The molecular weight excluding hydrogens is 327 g/mol. The molecule has 5 heteroatoms. The summed E-state index contributed by atoms with van der Waals surface area (Å²) in [6.07, 6.45) is 14.2. The van der Waals surface area contributed by atoms with Crippen molar-refractivity contribution in [1.29, 1.82) is 0 Å². The van der Waals surface area contributed by atoms with Gasteiger partial charge in [-0.15, -0.1) is 12.4 Å². The molecule has 2 aliphatic heterocycles. The van der Waals surface area contributed by atoms with Crippen LogP contribution in [0.3, 0.4) is 0 Å². The van der Waals surface area contributed by atoms with Gasteiger partial charge in [0.15, 0.2) is 0 Å². The van der Waals surface area contributed by atoms with Crippen LogP contribution < -0.4 is 0 Å². The van der Waals surface area contributed by atoms with Gasteiger partial charge in [-0.25, -0.2) is 4.99 Å². The Bertz CT molecular complexity index is 720. The van der Waals surface area contributed by atoms with E-state index in [0.717, 1.165) is 27.7 Å². The summed E-state index contributed by atoms with van der Waals surface area (Å²) in [5.41, 5.74) is 4.13. The Morgan fingerprint density at radius 3 is 2.76 bits per heavy atom. The Balaban J connectivity index is 0.00000132. The number of aliphatic imine (C=N–C) groups is 1. The summed E-state index contributed by atoms with van der Waals surface area (Å²) in [6, 6.07) is 0.190. The first-order chi connectivity index (χ1) is 9.66. The molecule has 0 fully saturated rings. The van der Waals surface area contributed by atoms with Crippen LogP contribution in [0.15, 0.2) is 74.6 Å². The van der Waals surface area contributed by atoms with Gasteiger partial charge >= 0.3 is 0 Å². The van der Waals surface area contributed by atoms with Crippen LogP contribution in [-0.2, 0) is 0 Å². The average Bonchev–Trinajstić information content (AvgIpc) is 2.83. The largest absolute Gasteiger partial charge is 0.365 e. The molecule has 4 aliphatic rings. The maximum absolute atomic E-state index is 6.58. The molecule has 2 atom stereocenters. The predicted octanol–water partition coefficient (Wildman–Crippen LogP) is 4.32. The van der Waals surface area contributed by atoms with Crippen LogP contribution in [0.5, 0.6) is 0 Å². The van der Waals surface area contributed by atoms with Gasteiger partial charge in [0.05, 0.1) is 28.4 Å². The van der Waals surface area contributed by atoms with E-state index in [1.54, 1.807) is 0 Å². The van der Waals surface area contributed by atoms with Gasteiger partial charge in [0.1, 0.15) is 5.70 Å². The third-order valence-electron chi connectivity index (χ3n) is 4.09. The highest BCUT2D eigenvalue weighted by atomic mass is 35.5. The van der Waals surface area contributed by atoms with E-state index in [0.29, 0.717) is 5.03 Å². The minimum Gasteiger partial charge on any atom is -0.365 e. The highest BCUT2D eigenvalue weighted by Crippen LogP contribution is 2.44. The molecule has 2 nitrogen and oxygen atoms in total. The van der Waals surface area contributed by atoms with Gasteiger partial charge in [-0.1, -0.05) is 53.6 Å². The second kappa shape index (κ2) is 5.20. The van der Waals surface area contributed by atoms with Crippen LogP contribution in [0, 0.1) is 5.92 Å². The van der Waals surface area contributed by atoms with Crippen molar-refractivity contribution < 1.29 is 0 Å². The van der Waals surface area contributed by atoms with E-state index < -0.39 is 0 Å². The molecule has 0 saturated carbocycles. The van der Waals surface area contributed by atoms with Crippen LogP contribution in [0.4, 0.5) is 0 Å². The monoisotopic (exact) mass is 338 g/mol. The lowest BCUT2D eigenvalue weighted by Crippen LogP contribution is -2.37. The van der Waals surface area contributed by atoms with E-state index in [2.05, 4.69) is 36.3 Å². The molecule has 21 heavy (non-hydrogen) atoms. The number of likely N-dealkylation sites (N-methyl/N-ethyl adjacent to an activating group) is 1. The smallest absolute Gasteiger partial charge is 0.102 e. The summed E-state index contributed by atoms with van der Waals surface area (Å²) in [5.74, 6) is 0.159. The molecule has 0 N–H and O–H groups in total. The summed E-state index contributed by atoms with van der Waals surface area (Å²) in [5, 5.41) is 1.46. The zero-order valence-electron chi connectivity index (χ0n) is 11.3. The van der Waals surface area contributed by atoms with E-state index in [9.17, 15) is 0 Å². The molecule has 2 aliphatic carbocycles. The summed E-state index contributed by atoms with van der Waals surface area (Å²) in [4.78, 5) is 6.96. The van der Waals surface area contributed by atoms with Crippen LogP contribution in [0.25, 0.3) is 0 Å². The molecule has 0 radical (unpaired) electrons. The van der Waals surface area contributed by atoms with Crippen LogP contribution in [-0.4, -0.2) is 23.7 Å². The van der Waals surface area contributed by atoms with Crippen molar-refractivity contribution in [2.24, 2.45) is 10.9 Å². The minimum absolute atomic E-state index is 0. The van der Waals surface area contributed by atoms with Crippen molar-refractivity contribution in [3.05, 3.63) is 69.6 Å². The van der Waals surface area contributed by atoms with Gasteiger partial charge in [0, 0.05) is 12.1 Å². The molecule has 4 rings (SSSR count). The van der Waals surface area contributed by atoms with E-state index >= 15 is 0 Å². The highest BCUT2D eigenvalue weighted by molar-refractivity contribution is 6.35.